The summed E-state index contributed by atoms with van der Waals surface area (Å²) in [4.78, 5) is 14.1. The Morgan fingerprint density at radius 2 is 2.08 bits per heavy atom. The van der Waals surface area contributed by atoms with Gasteiger partial charge in [0.1, 0.15) is 15.7 Å². The molecule has 1 heterocycles. The summed E-state index contributed by atoms with van der Waals surface area (Å²) in [6.45, 7) is 1.89. The highest BCUT2D eigenvalue weighted by molar-refractivity contribution is 7.91. The van der Waals surface area contributed by atoms with Gasteiger partial charge in [0.2, 0.25) is 5.91 Å². The van der Waals surface area contributed by atoms with Gasteiger partial charge in [-0.05, 0) is 38.0 Å². The molecule has 25 heavy (non-hydrogen) atoms. The van der Waals surface area contributed by atoms with E-state index in [1.165, 1.54) is 12.1 Å². The lowest BCUT2D eigenvalue weighted by atomic mass is 10.1. The zero-order chi connectivity index (χ0) is 18.6. The summed E-state index contributed by atoms with van der Waals surface area (Å²) in [6, 6.07) is 3.81. The molecular formula is C16H22ClFN2O4S. The number of sulfone groups is 1. The first kappa shape index (κ1) is 20.1. The Kier molecular flexibility index (Phi) is 6.79. The van der Waals surface area contributed by atoms with E-state index in [2.05, 4.69) is 5.32 Å². The van der Waals surface area contributed by atoms with Crippen LogP contribution in [0.1, 0.15) is 19.8 Å². The molecule has 0 radical (unpaired) electrons. The van der Waals surface area contributed by atoms with Crippen molar-refractivity contribution in [3.63, 3.8) is 0 Å². The number of rotatable bonds is 6. The van der Waals surface area contributed by atoms with Crippen LogP contribution in [0.3, 0.4) is 0 Å². The van der Waals surface area contributed by atoms with Gasteiger partial charge in [-0.2, -0.15) is 0 Å². The van der Waals surface area contributed by atoms with Crippen LogP contribution in [0, 0.1) is 5.82 Å². The van der Waals surface area contributed by atoms with E-state index in [0.29, 0.717) is 18.5 Å². The first-order valence-electron chi connectivity index (χ1n) is 8.04. The van der Waals surface area contributed by atoms with Crippen LogP contribution in [0.4, 0.5) is 10.1 Å². The lowest BCUT2D eigenvalue weighted by Crippen LogP contribution is -2.47. The Labute approximate surface area is 151 Å². The van der Waals surface area contributed by atoms with Crippen molar-refractivity contribution in [3.8, 4) is 0 Å². The molecule has 9 heteroatoms. The quantitative estimate of drug-likeness (QED) is 0.769. The van der Waals surface area contributed by atoms with E-state index in [9.17, 15) is 22.7 Å². The fraction of sp³-hybridized carbons (Fsp3) is 0.562. The van der Waals surface area contributed by atoms with Crippen molar-refractivity contribution in [1.82, 2.24) is 4.90 Å². The number of amides is 1. The number of anilines is 1. The monoisotopic (exact) mass is 392 g/mol. The lowest BCUT2D eigenvalue weighted by molar-refractivity contribution is -0.118. The SMILES string of the molecule is CC(O)CN(CC(=O)Nc1ccc(F)c(Cl)c1)C1CCS(=O)(=O)CC1. The Bertz CT molecular complexity index is 713. The number of carbonyl (C=O) groups excluding carboxylic acids is 1. The number of nitrogens with zero attached hydrogens (tertiary/aromatic N) is 1. The third kappa shape index (κ3) is 6.22. The van der Waals surface area contributed by atoms with Crippen LogP contribution in [0.5, 0.6) is 0 Å². The third-order valence-corrected chi connectivity index (χ3v) is 6.09. The summed E-state index contributed by atoms with van der Waals surface area (Å²) in [7, 11) is -3.00. The standard InChI is InChI=1S/C16H22ClFN2O4S/c1-11(21)9-20(13-4-6-25(23,24)7-5-13)10-16(22)19-12-2-3-15(18)14(17)8-12/h2-3,8,11,13,21H,4-7,9-10H2,1H3,(H,19,22). The Hall–Kier alpha value is -1.22. The summed E-state index contributed by atoms with van der Waals surface area (Å²) in [5.74, 6) is -0.734. The Morgan fingerprint density at radius 1 is 1.44 bits per heavy atom. The molecule has 140 valence electrons. The molecule has 1 aromatic carbocycles. The molecule has 1 unspecified atom stereocenters. The predicted molar refractivity (Wildman–Crippen MR) is 95.0 cm³/mol. The highest BCUT2D eigenvalue weighted by Crippen LogP contribution is 2.21. The van der Waals surface area contributed by atoms with Crippen LogP contribution in [0.15, 0.2) is 18.2 Å². The van der Waals surface area contributed by atoms with E-state index in [1.54, 1.807) is 11.8 Å². The molecule has 6 nitrogen and oxygen atoms in total. The number of aliphatic hydroxyl groups is 1. The zero-order valence-electron chi connectivity index (χ0n) is 13.9. The second-order valence-corrected chi connectivity index (χ2v) is 9.05. The summed E-state index contributed by atoms with van der Waals surface area (Å²) in [6.07, 6.45) is 0.224. The van der Waals surface area contributed by atoms with Crippen LogP contribution in [-0.2, 0) is 14.6 Å². The average Bonchev–Trinajstić information content (AvgIpc) is 2.50. The molecule has 2 rings (SSSR count). The number of benzene rings is 1. The van der Waals surface area contributed by atoms with Crippen molar-refractivity contribution in [2.75, 3.05) is 29.9 Å². The predicted octanol–water partition coefficient (Wildman–Crippen LogP) is 1.68. The smallest absolute Gasteiger partial charge is 0.238 e. The summed E-state index contributed by atoms with van der Waals surface area (Å²) in [5.41, 5.74) is 0.375. The van der Waals surface area contributed by atoms with Gasteiger partial charge in [0, 0.05) is 18.3 Å². The van der Waals surface area contributed by atoms with Crippen molar-refractivity contribution in [1.29, 1.82) is 0 Å². The van der Waals surface area contributed by atoms with Crippen LogP contribution < -0.4 is 5.32 Å². The molecule has 0 bridgehead atoms. The van der Waals surface area contributed by atoms with Crippen LogP contribution in [0.25, 0.3) is 0 Å². The van der Waals surface area contributed by atoms with E-state index in [-0.39, 0.29) is 41.6 Å². The van der Waals surface area contributed by atoms with Gasteiger partial charge >= 0.3 is 0 Å². The zero-order valence-corrected chi connectivity index (χ0v) is 15.5. The highest BCUT2D eigenvalue weighted by atomic mass is 35.5. The van der Waals surface area contributed by atoms with Gasteiger partial charge in [0.25, 0.3) is 0 Å². The lowest BCUT2D eigenvalue weighted by Gasteiger charge is -2.34. The van der Waals surface area contributed by atoms with E-state index < -0.39 is 21.8 Å². The third-order valence-electron chi connectivity index (χ3n) is 4.09. The minimum Gasteiger partial charge on any atom is -0.392 e. The van der Waals surface area contributed by atoms with Gasteiger partial charge in [0.05, 0.1) is 29.2 Å². The topological polar surface area (TPSA) is 86.7 Å². The van der Waals surface area contributed by atoms with Gasteiger partial charge < -0.3 is 10.4 Å². The molecule has 0 aromatic heterocycles. The summed E-state index contributed by atoms with van der Waals surface area (Å²) >= 11 is 5.69. The highest BCUT2D eigenvalue weighted by Gasteiger charge is 2.29. The Balaban J connectivity index is 2.00. The minimum absolute atomic E-state index is 0.00457. The van der Waals surface area contributed by atoms with Crippen molar-refractivity contribution < 1.29 is 22.7 Å². The van der Waals surface area contributed by atoms with Gasteiger partial charge in [-0.25, -0.2) is 12.8 Å². The number of halogens is 2. The van der Waals surface area contributed by atoms with Gasteiger partial charge in [0.15, 0.2) is 0 Å². The number of carbonyl (C=O) groups is 1. The first-order chi connectivity index (χ1) is 11.7. The van der Waals surface area contributed by atoms with E-state index in [1.807, 2.05) is 0 Å². The molecular weight excluding hydrogens is 371 g/mol. The maximum absolute atomic E-state index is 13.2. The normalized spacial score (nSPS) is 18.9. The fourth-order valence-corrected chi connectivity index (χ4v) is 4.53. The largest absolute Gasteiger partial charge is 0.392 e. The van der Waals surface area contributed by atoms with Crippen LogP contribution in [0.2, 0.25) is 5.02 Å². The second-order valence-electron chi connectivity index (χ2n) is 6.34. The van der Waals surface area contributed by atoms with Crippen molar-refractivity contribution in [3.05, 3.63) is 29.0 Å². The molecule has 1 fully saturated rings. The maximum Gasteiger partial charge on any atom is 0.238 e. The second kappa shape index (κ2) is 8.44. The van der Waals surface area contributed by atoms with Crippen molar-refractivity contribution in [2.45, 2.75) is 31.9 Å². The molecule has 0 saturated carbocycles. The maximum atomic E-state index is 13.2. The molecule has 1 aliphatic rings. The molecule has 2 N–H and O–H groups in total. The molecule has 1 amide bonds. The number of aliphatic hydroxyl groups excluding tert-OH is 1. The molecule has 1 atom stereocenters. The molecule has 1 aliphatic heterocycles. The molecule has 0 spiro atoms. The average molecular weight is 393 g/mol. The fourth-order valence-electron chi connectivity index (χ4n) is 2.88. The molecule has 0 aliphatic carbocycles. The van der Waals surface area contributed by atoms with Gasteiger partial charge in [-0.3, -0.25) is 9.69 Å². The summed E-state index contributed by atoms with van der Waals surface area (Å²) < 4.78 is 36.3. The number of hydrogen-bond donors (Lipinski definition) is 2. The first-order valence-corrected chi connectivity index (χ1v) is 10.2. The summed E-state index contributed by atoms with van der Waals surface area (Å²) in [5, 5.41) is 12.2. The molecule has 1 aromatic rings. The Morgan fingerprint density at radius 3 is 2.64 bits per heavy atom. The van der Waals surface area contributed by atoms with E-state index in [0.717, 1.165) is 6.07 Å². The van der Waals surface area contributed by atoms with Crippen LogP contribution >= 0.6 is 11.6 Å². The number of nitrogens with one attached hydrogen (secondary N) is 1. The van der Waals surface area contributed by atoms with Crippen molar-refractivity contribution in [2.24, 2.45) is 0 Å². The van der Waals surface area contributed by atoms with E-state index >= 15 is 0 Å². The van der Waals surface area contributed by atoms with Crippen LogP contribution in [-0.4, -0.2) is 61.1 Å². The minimum atomic E-state index is -3.00. The van der Waals surface area contributed by atoms with Crippen molar-refractivity contribution >= 4 is 33.0 Å². The van der Waals surface area contributed by atoms with Gasteiger partial charge in [-0.1, -0.05) is 11.6 Å². The molecule has 1 saturated heterocycles. The van der Waals surface area contributed by atoms with Gasteiger partial charge in [-0.15, -0.1) is 0 Å². The van der Waals surface area contributed by atoms with E-state index in [4.69, 9.17) is 11.6 Å². The number of hydrogen-bond acceptors (Lipinski definition) is 5.